The van der Waals surface area contributed by atoms with E-state index in [1.54, 1.807) is 6.92 Å². The second kappa shape index (κ2) is 6.31. The third-order valence-electron chi connectivity index (χ3n) is 3.94. The highest BCUT2D eigenvalue weighted by molar-refractivity contribution is 5.81. The summed E-state index contributed by atoms with van der Waals surface area (Å²) < 4.78 is 0. The summed E-state index contributed by atoms with van der Waals surface area (Å²) in [6, 6.07) is 4.03. The van der Waals surface area contributed by atoms with Crippen LogP contribution in [0.5, 0.6) is 5.75 Å². The van der Waals surface area contributed by atoms with Crippen molar-refractivity contribution in [1.29, 1.82) is 0 Å². The fraction of sp³-hybridized carbons (Fsp3) is 0.579. The van der Waals surface area contributed by atoms with Crippen LogP contribution in [-0.2, 0) is 22.0 Å². The van der Waals surface area contributed by atoms with Crippen molar-refractivity contribution < 1.29 is 15.0 Å². The lowest BCUT2D eigenvalue weighted by molar-refractivity contribution is -0.134. The summed E-state index contributed by atoms with van der Waals surface area (Å²) >= 11 is 0. The molecule has 0 saturated carbocycles. The van der Waals surface area contributed by atoms with Crippen molar-refractivity contribution in [2.75, 3.05) is 0 Å². The molecule has 1 radical (unpaired) electrons. The summed E-state index contributed by atoms with van der Waals surface area (Å²) in [5.41, 5.74) is 2.59. The van der Waals surface area contributed by atoms with E-state index in [1.807, 2.05) is 12.1 Å². The molecule has 1 aromatic rings. The molecule has 0 aliphatic carbocycles. The van der Waals surface area contributed by atoms with Gasteiger partial charge < -0.3 is 10.2 Å². The summed E-state index contributed by atoms with van der Waals surface area (Å²) in [7, 11) is 0. The number of carboxylic acids is 1. The monoisotopic (exact) mass is 305 g/mol. The first-order chi connectivity index (χ1) is 9.84. The fourth-order valence-electron chi connectivity index (χ4n) is 2.42. The predicted molar refractivity (Wildman–Crippen MR) is 90.4 cm³/mol. The van der Waals surface area contributed by atoms with E-state index in [9.17, 15) is 9.90 Å². The lowest BCUT2D eigenvalue weighted by Gasteiger charge is -2.28. The first-order valence-electron chi connectivity index (χ1n) is 7.76. The number of hydrogen-bond donors (Lipinski definition) is 2. The molecule has 0 aliphatic heterocycles. The maximum atomic E-state index is 11.0. The molecule has 0 fully saturated rings. The topological polar surface area (TPSA) is 57.5 Å². The van der Waals surface area contributed by atoms with Gasteiger partial charge in [-0.05, 0) is 47.3 Å². The Morgan fingerprint density at radius 2 is 1.41 bits per heavy atom. The van der Waals surface area contributed by atoms with E-state index in [4.69, 9.17) is 5.11 Å². The molecule has 0 heterocycles. The Labute approximate surface area is 134 Å². The molecule has 0 saturated heterocycles. The molecule has 3 nitrogen and oxygen atoms in total. The van der Waals surface area contributed by atoms with Crippen LogP contribution in [0.3, 0.4) is 0 Å². The van der Waals surface area contributed by atoms with Crippen molar-refractivity contribution in [3.05, 3.63) is 34.7 Å². The number of carbonyl (C=O) groups is 1. The Kier molecular flexibility index (Phi) is 5.32. The molecule has 1 aromatic carbocycles. The summed E-state index contributed by atoms with van der Waals surface area (Å²) in [5.74, 6) is -0.0174. The van der Waals surface area contributed by atoms with E-state index >= 15 is 0 Å². The van der Waals surface area contributed by atoms with E-state index in [-0.39, 0.29) is 10.8 Å². The Bertz CT molecular complexity index is 510. The van der Waals surface area contributed by atoms with E-state index < -0.39 is 5.97 Å². The number of phenols is 1. The largest absolute Gasteiger partial charge is 0.507 e. The number of aryl methyl sites for hydroxylation is 1. The van der Waals surface area contributed by atoms with E-state index in [0.29, 0.717) is 24.5 Å². The molecule has 0 amide bonds. The number of phenolic OH excluding ortho intramolecular Hbond substituents is 1. The molecule has 0 aliphatic rings. The maximum Gasteiger partial charge on any atom is 0.310 e. The number of rotatable bonds is 4. The molecule has 0 atom stereocenters. The smallest absolute Gasteiger partial charge is 0.310 e. The van der Waals surface area contributed by atoms with Gasteiger partial charge in [0.25, 0.3) is 0 Å². The molecule has 0 unspecified atom stereocenters. The summed E-state index contributed by atoms with van der Waals surface area (Å²) in [4.78, 5) is 11.0. The SMILES string of the molecule is C[C](CCc1cc(C(C)(C)C)c(O)c(C(C)(C)C)c1)C(=O)O. The van der Waals surface area contributed by atoms with Crippen LogP contribution in [0.15, 0.2) is 12.1 Å². The Balaban J connectivity index is 3.27. The molecule has 2 N–H and O–H groups in total. The van der Waals surface area contributed by atoms with Gasteiger partial charge in [-0.15, -0.1) is 0 Å². The van der Waals surface area contributed by atoms with Crippen molar-refractivity contribution in [3.8, 4) is 5.75 Å². The quantitative estimate of drug-likeness (QED) is 0.854. The maximum absolute atomic E-state index is 11.0. The van der Waals surface area contributed by atoms with Crippen LogP contribution in [0.4, 0.5) is 0 Å². The van der Waals surface area contributed by atoms with Gasteiger partial charge in [0.05, 0.1) is 5.92 Å². The molecule has 123 valence electrons. The molecule has 3 heteroatoms. The standard InChI is InChI=1S/C19H29O3/c1-12(17(21)22)8-9-13-10-14(18(2,3)4)16(20)15(11-13)19(5,6)7/h10-11,20H,8-9H2,1-7H3,(H,21,22). The van der Waals surface area contributed by atoms with Gasteiger partial charge in [-0.25, -0.2) is 0 Å². The van der Waals surface area contributed by atoms with Gasteiger partial charge >= 0.3 is 5.97 Å². The Hall–Kier alpha value is -1.51. The van der Waals surface area contributed by atoms with Crippen molar-refractivity contribution in [2.45, 2.75) is 72.1 Å². The zero-order valence-corrected chi connectivity index (χ0v) is 14.9. The van der Waals surface area contributed by atoms with E-state index in [0.717, 1.165) is 16.7 Å². The molecule has 0 bridgehead atoms. The van der Waals surface area contributed by atoms with Gasteiger partial charge in [-0.1, -0.05) is 53.7 Å². The van der Waals surface area contributed by atoms with E-state index in [1.165, 1.54) is 0 Å². The Morgan fingerprint density at radius 3 is 1.73 bits per heavy atom. The first-order valence-corrected chi connectivity index (χ1v) is 7.76. The average molecular weight is 305 g/mol. The highest BCUT2D eigenvalue weighted by atomic mass is 16.4. The van der Waals surface area contributed by atoms with Crippen molar-refractivity contribution in [1.82, 2.24) is 0 Å². The van der Waals surface area contributed by atoms with Crippen molar-refractivity contribution in [2.24, 2.45) is 0 Å². The average Bonchev–Trinajstić information content (AvgIpc) is 2.33. The highest BCUT2D eigenvalue weighted by Crippen LogP contribution is 2.40. The van der Waals surface area contributed by atoms with E-state index in [2.05, 4.69) is 41.5 Å². The Morgan fingerprint density at radius 1 is 1.00 bits per heavy atom. The lowest BCUT2D eigenvalue weighted by Crippen LogP contribution is -2.18. The third kappa shape index (κ3) is 4.49. The molecule has 22 heavy (non-hydrogen) atoms. The van der Waals surface area contributed by atoms with Crippen LogP contribution in [0.25, 0.3) is 0 Å². The molecule has 0 aromatic heterocycles. The second-order valence-electron chi connectivity index (χ2n) is 8.13. The van der Waals surface area contributed by atoms with Crippen LogP contribution in [-0.4, -0.2) is 16.2 Å². The second-order valence-corrected chi connectivity index (χ2v) is 8.13. The minimum absolute atomic E-state index is 0.161. The molecular weight excluding hydrogens is 276 g/mol. The number of hydrogen-bond acceptors (Lipinski definition) is 2. The van der Waals surface area contributed by atoms with Crippen molar-refractivity contribution in [3.63, 3.8) is 0 Å². The molecule has 1 rings (SSSR count). The minimum atomic E-state index is -0.842. The number of aromatic hydroxyl groups is 1. The zero-order chi connectivity index (χ0) is 17.3. The van der Waals surface area contributed by atoms with Crippen molar-refractivity contribution >= 4 is 5.97 Å². The molecule has 0 spiro atoms. The van der Waals surface area contributed by atoms with Gasteiger partial charge in [0.15, 0.2) is 0 Å². The van der Waals surface area contributed by atoms with Gasteiger partial charge in [-0.2, -0.15) is 0 Å². The van der Waals surface area contributed by atoms with Crippen LogP contribution in [0.1, 0.15) is 71.6 Å². The number of aliphatic carboxylic acids is 1. The van der Waals surface area contributed by atoms with Crippen LogP contribution in [0, 0.1) is 5.92 Å². The summed E-state index contributed by atoms with van der Waals surface area (Å²) in [6.07, 6.45) is 1.19. The third-order valence-corrected chi connectivity index (χ3v) is 3.94. The van der Waals surface area contributed by atoms with Gasteiger partial charge in [0, 0.05) is 0 Å². The molecular formula is C19H29O3. The normalized spacial score (nSPS) is 12.7. The predicted octanol–water partition coefficient (Wildman–Crippen LogP) is 4.60. The number of benzene rings is 1. The first kappa shape index (κ1) is 18.5. The highest BCUT2D eigenvalue weighted by Gasteiger charge is 2.26. The fourth-order valence-corrected chi connectivity index (χ4v) is 2.42. The summed E-state index contributed by atoms with van der Waals surface area (Å²) in [6.45, 7) is 14.1. The lowest BCUT2D eigenvalue weighted by atomic mass is 9.78. The summed E-state index contributed by atoms with van der Waals surface area (Å²) in [5, 5.41) is 19.6. The van der Waals surface area contributed by atoms with Gasteiger partial charge in [0.1, 0.15) is 5.75 Å². The van der Waals surface area contributed by atoms with Gasteiger partial charge in [-0.3, -0.25) is 4.79 Å². The zero-order valence-electron chi connectivity index (χ0n) is 14.9. The van der Waals surface area contributed by atoms with Gasteiger partial charge in [0.2, 0.25) is 0 Å². The van der Waals surface area contributed by atoms with Crippen LogP contribution in [0.2, 0.25) is 0 Å². The van der Waals surface area contributed by atoms with Crippen LogP contribution >= 0.6 is 0 Å². The number of carboxylic acid groups (broad SMARTS) is 1. The van der Waals surface area contributed by atoms with Crippen LogP contribution < -0.4 is 0 Å². The minimum Gasteiger partial charge on any atom is -0.507 e.